The van der Waals surface area contributed by atoms with Gasteiger partial charge in [-0.3, -0.25) is 0 Å². The lowest BCUT2D eigenvalue weighted by molar-refractivity contribution is 0.669. The average molecular weight is 546 g/mol. The van der Waals surface area contributed by atoms with Crippen LogP contribution < -0.4 is 0 Å². The summed E-state index contributed by atoms with van der Waals surface area (Å²) in [5, 5.41) is 17.6. The third-order valence-corrected chi connectivity index (χ3v) is 10.0. The zero-order valence-corrected chi connectivity index (χ0v) is 22.7. The van der Waals surface area contributed by atoms with Crippen molar-refractivity contribution in [1.82, 2.24) is 4.40 Å². The summed E-state index contributed by atoms with van der Waals surface area (Å²) in [6, 6.07) is 41.8. The number of furan rings is 2. The van der Waals surface area contributed by atoms with Crippen LogP contribution in [-0.4, -0.2) is 4.40 Å². The molecule has 0 spiro atoms. The Hall–Kier alpha value is -5.80. The van der Waals surface area contributed by atoms with Crippen LogP contribution in [0.4, 0.5) is 0 Å². The molecule has 0 aliphatic rings. The maximum Gasteiger partial charge on any atom is 0.137 e. The van der Waals surface area contributed by atoms with Crippen molar-refractivity contribution in [3.05, 3.63) is 115 Å². The van der Waals surface area contributed by atoms with Gasteiger partial charge in [-0.2, -0.15) is 0 Å². The van der Waals surface area contributed by atoms with E-state index in [-0.39, 0.29) is 0 Å². The van der Waals surface area contributed by atoms with Crippen LogP contribution >= 0.6 is 0 Å². The minimum absolute atomic E-state index is 0.911. The summed E-state index contributed by atoms with van der Waals surface area (Å²) in [4.78, 5) is 0. The van der Waals surface area contributed by atoms with Gasteiger partial charge in [-0.25, -0.2) is 0 Å². The molecular formula is C40H19NO2. The number of hydrogen-bond acceptors (Lipinski definition) is 2. The van der Waals surface area contributed by atoms with Gasteiger partial charge in [0.2, 0.25) is 0 Å². The minimum atomic E-state index is 0.911. The molecule has 8 aromatic carbocycles. The number of nitrogens with zero attached hydrogens (tertiary/aromatic N) is 1. The lowest BCUT2D eigenvalue weighted by Gasteiger charge is -2.13. The lowest BCUT2D eigenvalue weighted by atomic mass is 9.89. The smallest absolute Gasteiger partial charge is 0.137 e. The Morgan fingerprint density at radius 3 is 1.44 bits per heavy atom. The molecule has 0 radical (unpaired) electrons. The molecule has 0 aliphatic heterocycles. The van der Waals surface area contributed by atoms with E-state index in [4.69, 9.17) is 8.83 Å². The fraction of sp³-hybridized carbons (Fsp3) is 0. The molecular weight excluding hydrogens is 526 g/mol. The highest BCUT2D eigenvalue weighted by molar-refractivity contribution is 6.43. The summed E-state index contributed by atoms with van der Waals surface area (Å²) < 4.78 is 15.3. The first-order valence-electron chi connectivity index (χ1n) is 14.8. The first-order chi connectivity index (χ1) is 21.3. The molecule has 0 aliphatic carbocycles. The third-order valence-electron chi connectivity index (χ3n) is 10.0. The lowest BCUT2D eigenvalue weighted by Crippen LogP contribution is -1.85. The first-order valence-corrected chi connectivity index (χ1v) is 14.8. The zero-order valence-electron chi connectivity index (χ0n) is 22.7. The fourth-order valence-electron chi connectivity index (χ4n) is 8.31. The van der Waals surface area contributed by atoms with E-state index in [1.807, 2.05) is 12.1 Å². The van der Waals surface area contributed by atoms with E-state index in [1.54, 1.807) is 0 Å². The normalized spacial score (nSPS) is 13.1. The average Bonchev–Trinajstić information content (AvgIpc) is 3.78. The van der Waals surface area contributed by atoms with Crippen molar-refractivity contribution < 1.29 is 8.83 Å². The molecule has 43 heavy (non-hydrogen) atoms. The molecule has 4 heterocycles. The van der Waals surface area contributed by atoms with Crippen LogP contribution in [0.2, 0.25) is 0 Å². The van der Waals surface area contributed by atoms with Crippen molar-refractivity contribution in [3.8, 4) is 0 Å². The van der Waals surface area contributed by atoms with Crippen molar-refractivity contribution in [1.29, 1.82) is 0 Å². The van der Waals surface area contributed by atoms with Gasteiger partial charge in [0.15, 0.2) is 0 Å². The molecule has 0 unspecified atom stereocenters. The third kappa shape index (κ3) is 2.28. The van der Waals surface area contributed by atoms with E-state index in [9.17, 15) is 0 Å². The second-order valence-electron chi connectivity index (χ2n) is 12.0. The summed E-state index contributed by atoms with van der Waals surface area (Å²) in [5.74, 6) is 0. The van der Waals surface area contributed by atoms with E-state index in [1.165, 1.54) is 59.4 Å². The Kier molecular flexibility index (Phi) is 3.32. The summed E-state index contributed by atoms with van der Waals surface area (Å²) in [5.41, 5.74) is 7.25. The van der Waals surface area contributed by atoms with Crippen molar-refractivity contribution in [2.75, 3.05) is 0 Å². The van der Waals surface area contributed by atoms with Gasteiger partial charge in [0.1, 0.15) is 22.3 Å². The molecule has 12 aromatic rings. The van der Waals surface area contributed by atoms with Crippen LogP contribution in [0.25, 0.3) is 114 Å². The zero-order chi connectivity index (χ0) is 27.6. The van der Waals surface area contributed by atoms with Crippen molar-refractivity contribution in [2.24, 2.45) is 0 Å². The van der Waals surface area contributed by atoms with Crippen LogP contribution in [0.3, 0.4) is 0 Å². The highest BCUT2D eigenvalue weighted by Gasteiger charge is 2.25. The van der Waals surface area contributed by atoms with E-state index in [0.29, 0.717) is 0 Å². The number of hydrogen-bond donors (Lipinski definition) is 0. The Labute approximate surface area is 242 Å². The van der Waals surface area contributed by atoms with Crippen LogP contribution in [0, 0.1) is 0 Å². The Morgan fingerprint density at radius 2 is 0.884 bits per heavy atom. The SMILES string of the molecule is c1cc2ccc3c4c(ccc(c1)c24)c1c2cc4c(cc2n2c5cc6oc7ccccc7c6cc5c3c12)oc1ccccc14. The second-order valence-corrected chi connectivity index (χ2v) is 12.0. The molecule has 0 saturated heterocycles. The van der Waals surface area contributed by atoms with Crippen LogP contribution in [-0.2, 0) is 0 Å². The van der Waals surface area contributed by atoms with E-state index < -0.39 is 0 Å². The van der Waals surface area contributed by atoms with Gasteiger partial charge in [0.05, 0.1) is 16.6 Å². The first kappa shape index (κ1) is 21.0. The van der Waals surface area contributed by atoms with Crippen molar-refractivity contribution in [2.45, 2.75) is 0 Å². The van der Waals surface area contributed by atoms with E-state index in [2.05, 4.69) is 108 Å². The highest BCUT2D eigenvalue weighted by Crippen LogP contribution is 2.50. The Bertz CT molecular complexity index is 2960. The summed E-state index contributed by atoms with van der Waals surface area (Å²) in [6.07, 6.45) is 0. The summed E-state index contributed by atoms with van der Waals surface area (Å²) >= 11 is 0. The molecule has 3 heteroatoms. The quantitative estimate of drug-likeness (QED) is 0.177. The minimum Gasteiger partial charge on any atom is -0.456 e. The predicted molar refractivity (Wildman–Crippen MR) is 179 cm³/mol. The molecule has 0 amide bonds. The molecule has 3 nitrogen and oxygen atoms in total. The molecule has 12 rings (SSSR count). The predicted octanol–water partition coefficient (Wildman–Crippen LogP) is 11.5. The molecule has 0 saturated carbocycles. The topological polar surface area (TPSA) is 30.7 Å². The van der Waals surface area contributed by atoms with Gasteiger partial charge in [-0.1, -0.05) is 78.9 Å². The molecule has 0 atom stereocenters. The van der Waals surface area contributed by atoms with Gasteiger partial charge in [-0.15, -0.1) is 0 Å². The van der Waals surface area contributed by atoms with E-state index >= 15 is 0 Å². The maximum absolute atomic E-state index is 6.43. The maximum atomic E-state index is 6.43. The van der Waals surface area contributed by atoms with Gasteiger partial charge in [0.25, 0.3) is 0 Å². The number of aromatic nitrogens is 1. The number of para-hydroxylation sites is 2. The molecule has 0 bridgehead atoms. The Balaban J connectivity index is 1.44. The number of rotatable bonds is 0. The molecule has 0 N–H and O–H groups in total. The number of benzene rings is 8. The molecule has 0 fully saturated rings. The van der Waals surface area contributed by atoms with Gasteiger partial charge in [0, 0.05) is 55.2 Å². The van der Waals surface area contributed by atoms with Gasteiger partial charge in [-0.05, 0) is 56.6 Å². The fourth-order valence-corrected chi connectivity index (χ4v) is 8.31. The van der Waals surface area contributed by atoms with Crippen LogP contribution in [0.5, 0.6) is 0 Å². The van der Waals surface area contributed by atoms with Gasteiger partial charge < -0.3 is 13.2 Å². The Morgan fingerprint density at radius 1 is 0.349 bits per heavy atom. The molecule has 196 valence electrons. The second kappa shape index (κ2) is 6.80. The van der Waals surface area contributed by atoms with Crippen molar-refractivity contribution in [3.63, 3.8) is 0 Å². The molecule has 4 aromatic heterocycles. The summed E-state index contributed by atoms with van der Waals surface area (Å²) in [6.45, 7) is 0. The van der Waals surface area contributed by atoms with Crippen LogP contribution in [0.1, 0.15) is 0 Å². The summed E-state index contributed by atoms with van der Waals surface area (Å²) in [7, 11) is 0. The standard InChI is InChI=1S/C40H19NO2/c1-3-10-32-22(8-1)26-16-28-30(18-34(26)42-32)41-31-19-35-27(23-9-2-4-11-33(23)43-35)17-29(31)39-25-15-13-21-7-5-6-20-12-14-24(37(25)36(20)21)38(28)40(39)41/h1-19H. The highest BCUT2D eigenvalue weighted by atomic mass is 16.3. The van der Waals surface area contributed by atoms with E-state index in [0.717, 1.165) is 54.9 Å². The van der Waals surface area contributed by atoms with Crippen molar-refractivity contribution >= 4 is 114 Å². The largest absolute Gasteiger partial charge is 0.456 e. The van der Waals surface area contributed by atoms with Crippen LogP contribution in [0.15, 0.2) is 124 Å². The van der Waals surface area contributed by atoms with Gasteiger partial charge >= 0.3 is 0 Å². The monoisotopic (exact) mass is 545 g/mol. The number of fused-ring (bicyclic) bond motifs is 14.